The van der Waals surface area contributed by atoms with Gasteiger partial charge in [0.2, 0.25) is 10.0 Å². The van der Waals surface area contributed by atoms with Crippen molar-refractivity contribution >= 4 is 16.0 Å². The fraction of sp³-hybridized carbons (Fsp3) is 0.364. The highest BCUT2D eigenvalue weighted by atomic mass is 32.2. The van der Waals surface area contributed by atoms with E-state index >= 15 is 0 Å². The van der Waals surface area contributed by atoms with Gasteiger partial charge in [-0.25, -0.2) is 8.42 Å². The minimum absolute atomic E-state index is 0.0236. The summed E-state index contributed by atoms with van der Waals surface area (Å²) in [6.07, 6.45) is 0. The lowest BCUT2D eigenvalue weighted by molar-refractivity contribution is -0.140. The lowest BCUT2D eigenvalue weighted by atomic mass is 10.2. The maximum Gasteiger partial charge on any atom is 0.324 e. The predicted molar refractivity (Wildman–Crippen MR) is 64.8 cm³/mol. The first-order valence-electron chi connectivity index (χ1n) is 5.17. The number of carboxylic acids is 1. The van der Waals surface area contributed by atoms with E-state index in [2.05, 4.69) is 9.46 Å². The number of hydrogen-bond donors (Lipinski definition) is 2. The molecule has 0 spiro atoms. The molecule has 0 saturated carbocycles. The Labute approximate surface area is 106 Å². The van der Waals surface area contributed by atoms with E-state index in [1.165, 1.54) is 19.2 Å². The van der Waals surface area contributed by atoms with Gasteiger partial charge in [-0.3, -0.25) is 4.79 Å². The highest BCUT2D eigenvalue weighted by Gasteiger charge is 2.25. The first kappa shape index (κ1) is 14.6. The van der Waals surface area contributed by atoms with E-state index in [0.29, 0.717) is 0 Å². The van der Waals surface area contributed by atoms with Crippen LogP contribution in [0.1, 0.15) is 5.56 Å². The zero-order valence-electron chi connectivity index (χ0n) is 10.1. The van der Waals surface area contributed by atoms with Gasteiger partial charge in [0.05, 0.1) is 11.5 Å². The smallest absolute Gasteiger partial charge is 0.324 e. The number of rotatable bonds is 6. The van der Waals surface area contributed by atoms with Crippen LogP contribution in [-0.4, -0.2) is 39.3 Å². The van der Waals surface area contributed by atoms with Gasteiger partial charge in [0.15, 0.2) is 0 Å². The van der Waals surface area contributed by atoms with Crippen LogP contribution in [0.25, 0.3) is 0 Å². The Bertz CT molecular complexity index is 509. The maximum absolute atomic E-state index is 11.9. The minimum Gasteiger partial charge on any atom is -0.480 e. The molecule has 0 bridgehead atoms. The predicted octanol–water partition coefficient (Wildman–Crippen LogP) is 0.373. The summed E-state index contributed by atoms with van der Waals surface area (Å²) < 4.78 is 30.5. The number of carboxylic acid groups (broad SMARTS) is 1. The van der Waals surface area contributed by atoms with Gasteiger partial charge in [-0.2, -0.15) is 4.72 Å². The molecule has 0 aliphatic carbocycles. The number of sulfonamides is 1. The third-order valence-corrected chi connectivity index (χ3v) is 3.75. The van der Waals surface area contributed by atoms with Gasteiger partial charge in [0, 0.05) is 7.11 Å². The number of hydrogen-bond acceptors (Lipinski definition) is 4. The molecule has 0 aliphatic rings. The van der Waals surface area contributed by atoms with Gasteiger partial charge < -0.3 is 9.84 Å². The summed E-state index contributed by atoms with van der Waals surface area (Å²) in [4.78, 5) is 10.9. The summed E-state index contributed by atoms with van der Waals surface area (Å²) in [7, 11) is -2.55. The van der Waals surface area contributed by atoms with Crippen LogP contribution in [0.5, 0.6) is 0 Å². The highest BCUT2D eigenvalue weighted by molar-refractivity contribution is 7.89. The molecule has 0 heterocycles. The van der Waals surface area contributed by atoms with Crippen LogP contribution in [0.15, 0.2) is 29.2 Å². The molecule has 6 nitrogen and oxygen atoms in total. The summed E-state index contributed by atoms with van der Waals surface area (Å²) in [5.41, 5.74) is 0.917. The summed E-state index contributed by atoms with van der Waals surface area (Å²) in [5.74, 6) is -1.28. The van der Waals surface area contributed by atoms with E-state index in [1.54, 1.807) is 12.1 Å². The van der Waals surface area contributed by atoms with Crippen molar-refractivity contribution in [1.29, 1.82) is 0 Å². The Morgan fingerprint density at radius 3 is 2.39 bits per heavy atom. The average molecular weight is 273 g/mol. The molecule has 1 aromatic carbocycles. The second-order valence-corrected chi connectivity index (χ2v) is 5.49. The van der Waals surface area contributed by atoms with Gasteiger partial charge in [-0.1, -0.05) is 17.7 Å². The monoisotopic (exact) mass is 273 g/mol. The number of methoxy groups -OCH3 is 1. The molecule has 0 fully saturated rings. The van der Waals surface area contributed by atoms with Crippen LogP contribution in [0.3, 0.4) is 0 Å². The van der Waals surface area contributed by atoms with E-state index in [4.69, 9.17) is 5.11 Å². The van der Waals surface area contributed by atoms with Gasteiger partial charge in [-0.05, 0) is 19.1 Å². The summed E-state index contributed by atoms with van der Waals surface area (Å²) in [6.45, 7) is 1.59. The molecule has 1 atom stereocenters. The highest BCUT2D eigenvalue weighted by Crippen LogP contribution is 2.10. The second-order valence-electron chi connectivity index (χ2n) is 3.78. The van der Waals surface area contributed by atoms with Crippen molar-refractivity contribution in [2.24, 2.45) is 0 Å². The van der Waals surface area contributed by atoms with Crippen molar-refractivity contribution in [3.8, 4) is 0 Å². The first-order chi connectivity index (χ1) is 8.36. The molecule has 0 radical (unpaired) electrons. The summed E-state index contributed by atoms with van der Waals surface area (Å²) in [6, 6.07) is 4.81. The van der Waals surface area contributed by atoms with Gasteiger partial charge >= 0.3 is 5.97 Å². The normalized spacial score (nSPS) is 13.2. The lowest BCUT2D eigenvalue weighted by Gasteiger charge is -2.13. The van der Waals surface area contributed by atoms with Gasteiger partial charge in [-0.15, -0.1) is 0 Å². The number of aryl methyl sites for hydroxylation is 1. The summed E-state index contributed by atoms with van der Waals surface area (Å²) >= 11 is 0. The topological polar surface area (TPSA) is 92.7 Å². The fourth-order valence-corrected chi connectivity index (χ4v) is 2.47. The van der Waals surface area contributed by atoms with Crippen LogP contribution in [0.4, 0.5) is 0 Å². The van der Waals surface area contributed by atoms with E-state index in [9.17, 15) is 13.2 Å². The van der Waals surface area contributed by atoms with E-state index < -0.39 is 22.0 Å². The fourth-order valence-electron chi connectivity index (χ4n) is 1.30. The third-order valence-electron chi connectivity index (χ3n) is 2.26. The van der Waals surface area contributed by atoms with E-state index in [0.717, 1.165) is 5.56 Å². The first-order valence-corrected chi connectivity index (χ1v) is 6.66. The molecule has 1 rings (SSSR count). The van der Waals surface area contributed by atoms with Crippen LogP contribution in [0.2, 0.25) is 0 Å². The zero-order chi connectivity index (χ0) is 13.8. The third kappa shape index (κ3) is 3.80. The molecule has 2 N–H and O–H groups in total. The number of ether oxygens (including phenoxy) is 1. The van der Waals surface area contributed by atoms with Crippen LogP contribution >= 0.6 is 0 Å². The molecule has 0 aromatic heterocycles. The number of nitrogens with one attached hydrogen (secondary N) is 1. The second kappa shape index (κ2) is 5.94. The molecule has 0 saturated heterocycles. The maximum atomic E-state index is 11.9. The van der Waals surface area contributed by atoms with Crippen LogP contribution < -0.4 is 4.72 Å². The molecule has 100 valence electrons. The Hall–Kier alpha value is -1.44. The molecular weight excluding hydrogens is 258 g/mol. The largest absolute Gasteiger partial charge is 0.480 e. The van der Waals surface area contributed by atoms with Gasteiger partial charge in [0.25, 0.3) is 0 Å². The lowest BCUT2D eigenvalue weighted by Crippen LogP contribution is -2.43. The molecule has 0 amide bonds. The number of carbonyl (C=O) groups is 1. The molecule has 0 aliphatic heterocycles. The standard InChI is InChI=1S/C11H15NO5S/c1-8-3-5-9(6-4-8)18(15,16)12-10(7-17-2)11(13)14/h3-6,10,12H,7H2,1-2H3,(H,13,14). The van der Waals surface area contributed by atoms with E-state index in [1.807, 2.05) is 6.92 Å². The molecule has 1 unspecified atom stereocenters. The molecular formula is C11H15NO5S. The van der Waals surface area contributed by atoms with E-state index in [-0.39, 0.29) is 11.5 Å². The minimum atomic E-state index is -3.85. The molecule has 7 heteroatoms. The SMILES string of the molecule is COCC(NS(=O)(=O)c1ccc(C)cc1)C(=O)O. The summed E-state index contributed by atoms with van der Waals surface area (Å²) in [5, 5.41) is 8.85. The van der Waals surface area contributed by atoms with Crippen molar-refractivity contribution in [2.45, 2.75) is 17.9 Å². The van der Waals surface area contributed by atoms with Crippen LogP contribution in [0, 0.1) is 6.92 Å². The molecule has 1 aromatic rings. The average Bonchev–Trinajstić information content (AvgIpc) is 2.28. The Morgan fingerprint density at radius 1 is 1.39 bits per heavy atom. The molecule has 18 heavy (non-hydrogen) atoms. The van der Waals surface area contributed by atoms with Crippen molar-refractivity contribution < 1.29 is 23.1 Å². The van der Waals surface area contributed by atoms with Crippen molar-refractivity contribution in [3.05, 3.63) is 29.8 Å². The van der Waals surface area contributed by atoms with Crippen molar-refractivity contribution in [3.63, 3.8) is 0 Å². The zero-order valence-corrected chi connectivity index (χ0v) is 10.9. The Kier molecular flexibility index (Phi) is 4.83. The quantitative estimate of drug-likeness (QED) is 0.781. The number of benzene rings is 1. The Balaban J connectivity index is 2.93. The van der Waals surface area contributed by atoms with Crippen LogP contribution in [-0.2, 0) is 19.6 Å². The Morgan fingerprint density at radius 2 is 1.94 bits per heavy atom. The van der Waals surface area contributed by atoms with Gasteiger partial charge in [0.1, 0.15) is 6.04 Å². The van der Waals surface area contributed by atoms with Crippen molar-refractivity contribution in [2.75, 3.05) is 13.7 Å². The van der Waals surface area contributed by atoms with Crippen molar-refractivity contribution in [1.82, 2.24) is 4.72 Å². The number of aliphatic carboxylic acids is 1.